The smallest absolute Gasteiger partial charge is 0.123 e. The Kier molecular flexibility index (Phi) is 3.17. The summed E-state index contributed by atoms with van der Waals surface area (Å²) in [5.41, 5.74) is 9.18. The number of phenols is 1. The van der Waals surface area contributed by atoms with Crippen LogP contribution < -0.4 is 5.73 Å². The Morgan fingerprint density at radius 3 is 2.67 bits per heavy atom. The fourth-order valence-corrected chi connectivity index (χ4v) is 2.01. The number of anilines is 1. The number of benzene rings is 2. The second kappa shape index (κ2) is 4.63. The highest BCUT2D eigenvalue weighted by Crippen LogP contribution is 2.32. The molecule has 0 saturated heterocycles. The number of aromatic hydroxyl groups is 1. The fraction of sp³-hybridized carbons (Fsp3) is 0. The van der Waals surface area contributed by atoms with Crippen LogP contribution in [0.25, 0.3) is 22.0 Å². The van der Waals surface area contributed by atoms with E-state index in [1.165, 1.54) is 0 Å². The van der Waals surface area contributed by atoms with Crippen molar-refractivity contribution in [3.8, 4) is 16.9 Å². The highest BCUT2D eigenvalue weighted by molar-refractivity contribution is 5.86. The zero-order chi connectivity index (χ0) is 11.8. The molecule has 0 atom stereocenters. The molecule has 0 aliphatic rings. The summed E-state index contributed by atoms with van der Waals surface area (Å²) in [4.78, 5) is 3.14. The van der Waals surface area contributed by atoms with E-state index in [0.29, 0.717) is 5.69 Å². The second-order valence-corrected chi connectivity index (χ2v) is 4.06. The van der Waals surface area contributed by atoms with Crippen LogP contribution in [0.1, 0.15) is 0 Å². The van der Waals surface area contributed by atoms with Gasteiger partial charge in [0.15, 0.2) is 0 Å². The van der Waals surface area contributed by atoms with Crippen molar-refractivity contribution in [2.24, 2.45) is 0 Å². The van der Waals surface area contributed by atoms with Crippen molar-refractivity contribution in [1.29, 1.82) is 0 Å². The van der Waals surface area contributed by atoms with Crippen molar-refractivity contribution >= 4 is 29.0 Å². The van der Waals surface area contributed by atoms with Gasteiger partial charge in [-0.2, -0.15) is 0 Å². The number of phenolic OH excluding ortho intramolecular Hbond substituents is 1. The van der Waals surface area contributed by atoms with Gasteiger partial charge in [-0.05, 0) is 47.3 Å². The number of nitrogen functional groups attached to an aromatic ring is 1. The second-order valence-electron chi connectivity index (χ2n) is 4.06. The molecule has 1 aromatic heterocycles. The van der Waals surface area contributed by atoms with E-state index < -0.39 is 0 Å². The summed E-state index contributed by atoms with van der Waals surface area (Å²) >= 11 is 0. The topological polar surface area (TPSA) is 62.0 Å². The lowest BCUT2D eigenvalue weighted by molar-refractivity contribution is 0.477. The quantitative estimate of drug-likeness (QED) is 0.463. The molecule has 3 nitrogen and oxygen atoms in total. The first-order valence-electron chi connectivity index (χ1n) is 5.40. The minimum atomic E-state index is 0. The largest absolute Gasteiger partial charge is 0.507 e. The summed E-state index contributed by atoms with van der Waals surface area (Å²) in [5, 5.41) is 11.0. The van der Waals surface area contributed by atoms with Crippen LogP contribution in [-0.2, 0) is 0 Å². The Bertz CT molecular complexity index is 691. The van der Waals surface area contributed by atoms with Gasteiger partial charge in [-0.3, -0.25) is 0 Å². The number of rotatable bonds is 1. The molecule has 1 heterocycles. The minimum Gasteiger partial charge on any atom is -0.507 e. The van der Waals surface area contributed by atoms with Gasteiger partial charge in [-0.15, -0.1) is 12.4 Å². The minimum absolute atomic E-state index is 0. The van der Waals surface area contributed by atoms with Crippen LogP contribution >= 0.6 is 12.4 Å². The van der Waals surface area contributed by atoms with Crippen LogP contribution in [0.5, 0.6) is 5.75 Å². The lowest BCUT2D eigenvalue weighted by atomic mass is 10.0. The van der Waals surface area contributed by atoms with Gasteiger partial charge in [0.25, 0.3) is 0 Å². The molecule has 0 aliphatic heterocycles. The van der Waals surface area contributed by atoms with Gasteiger partial charge < -0.3 is 15.8 Å². The zero-order valence-electron chi connectivity index (χ0n) is 9.55. The summed E-state index contributed by atoms with van der Waals surface area (Å²) < 4.78 is 0. The number of halogens is 1. The Balaban J connectivity index is 0.00000120. The van der Waals surface area contributed by atoms with Gasteiger partial charge >= 0.3 is 0 Å². The van der Waals surface area contributed by atoms with Gasteiger partial charge in [-0.1, -0.05) is 6.07 Å². The summed E-state index contributed by atoms with van der Waals surface area (Å²) in [5.74, 6) is 0.245. The van der Waals surface area contributed by atoms with Gasteiger partial charge in [0.2, 0.25) is 0 Å². The van der Waals surface area contributed by atoms with Crippen LogP contribution in [-0.4, -0.2) is 10.1 Å². The zero-order valence-corrected chi connectivity index (χ0v) is 10.4. The molecule has 3 rings (SSSR count). The van der Waals surface area contributed by atoms with Crippen molar-refractivity contribution in [2.45, 2.75) is 0 Å². The maximum Gasteiger partial charge on any atom is 0.123 e. The van der Waals surface area contributed by atoms with Crippen molar-refractivity contribution in [3.05, 3.63) is 48.7 Å². The highest BCUT2D eigenvalue weighted by atomic mass is 35.5. The SMILES string of the molecule is Cl.Nc1ccc(O)c(-c2ccc3[nH]ccc3c2)c1. The summed E-state index contributed by atoms with van der Waals surface area (Å²) in [6, 6.07) is 13.1. The van der Waals surface area contributed by atoms with Gasteiger partial charge in [-0.25, -0.2) is 0 Å². The fourth-order valence-electron chi connectivity index (χ4n) is 2.01. The van der Waals surface area contributed by atoms with Crippen LogP contribution in [0.15, 0.2) is 48.7 Å². The number of hydrogen-bond acceptors (Lipinski definition) is 2. The molecule has 0 unspecified atom stereocenters. The number of nitrogens with one attached hydrogen (secondary N) is 1. The van der Waals surface area contributed by atoms with Crippen LogP contribution in [0.3, 0.4) is 0 Å². The average molecular weight is 261 g/mol. The Labute approximate surface area is 111 Å². The van der Waals surface area contributed by atoms with E-state index in [2.05, 4.69) is 4.98 Å². The lowest BCUT2D eigenvalue weighted by Crippen LogP contribution is -1.86. The van der Waals surface area contributed by atoms with Gasteiger partial charge in [0.1, 0.15) is 5.75 Å². The van der Waals surface area contributed by atoms with Crippen LogP contribution in [0, 0.1) is 0 Å². The number of aromatic nitrogens is 1. The van der Waals surface area contributed by atoms with Crippen LogP contribution in [0.4, 0.5) is 5.69 Å². The van der Waals surface area contributed by atoms with E-state index in [-0.39, 0.29) is 18.2 Å². The van der Waals surface area contributed by atoms with E-state index in [4.69, 9.17) is 5.73 Å². The molecular formula is C14H13ClN2O. The van der Waals surface area contributed by atoms with Crippen molar-refractivity contribution < 1.29 is 5.11 Å². The molecule has 4 heteroatoms. The number of H-pyrrole nitrogens is 1. The molecule has 92 valence electrons. The van der Waals surface area contributed by atoms with E-state index in [1.807, 2.05) is 30.5 Å². The standard InChI is InChI=1S/C14H12N2O.ClH/c15-11-2-4-14(17)12(8-11)9-1-3-13-10(7-9)5-6-16-13;/h1-8,16-17H,15H2;1H. The van der Waals surface area contributed by atoms with E-state index in [9.17, 15) is 5.11 Å². The maximum atomic E-state index is 9.85. The highest BCUT2D eigenvalue weighted by Gasteiger charge is 2.05. The molecule has 0 amide bonds. The first kappa shape index (κ1) is 12.3. The molecule has 2 aromatic carbocycles. The van der Waals surface area contributed by atoms with E-state index in [1.54, 1.807) is 18.2 Å². The Morgan fingerprint density at radius 1 is 1.00 bits per heavy atom. The third-order valence-electron chi connectivity index (χ3n) is 2.88. The third-order valence-corrected chi connectivity index (χ3v) is 2.88. The van der Waals surface area contributed by atoms with Crippen LogP contribution in [0.2, 0.25) is 0 Å². The maximum absolute atomic E-state index is 9.85. The number of fused-ring (bicyclic) bond motifs is 1. The van der Waals surface area contributed by atoms with Crippen molar-refractivity contribution in [1.82, 2.24) is 4.98 Å². The monoisotopic (exact) mass is 260 g/mol. The van der Waals surface area contributed by atoms with E-state index >= 15 is 0 Å². The lowest BCUT2D eigenvalue weighted by Gasteiger charge is -2.06. The summed E-state index contributed by atoms with van der Waals surface area (Å²) in [6.45, 7) is 0. The van der Waals surface area contributed by atoms with Crippen molar-refractivity contribution in [2.75, 3.05) is 5.73 Å². The first-order chi connectivity index (χ1) is 8.24. The number of aromatic amines is 1. The summed E-state index contributed by atoms with van der Waals surface area (Å²) in [7, 11) is 0. The molecule has 0 radical (unpaired) electrons. The molecule has 0 saturated carbocycles. The van der Waals surface area contributed by atoms with E-state index in [0.717, 1.165) is 22.0 Å². The average Bonchev–Trinajstić information content (AvgIpc) is 2.79. The molecule has 0 spiro atoms. The molecule has 0 bridgehead atoms. The predicted octanol–water partition coefficient (Wildman–Crippen LogP) is 3.54. The first-order valence-corrected chi connectivity index (χ1v) is 5.40. The van der Waals surface area contributed by atoms with Gasteiger partial charge in [0.05, 0.1) is 0 Å². The van der Waals surface area contributed by atoms with Gasteiger partial charge in [0, 0.05) is 23.0 Å². The predicted molar refractivity (Wildman–Crippen MR) is 77.1 cm³/mol. The third kappa shape index (κ3) is 2.00. The Morgan fingerprint density at radius 2 is 1.83 bits per heavy atom. The molecule has 4 N–H and O–H groups in total. The molecular weight excluding hydrogens is 248 g/mol. The van der Waals surface area contributed by atoms with Crippen molar-refractivity contribution in [3.63, 3.8) is 0 Å². The Hall–Kier alpha value is -2.13. The molecule has 3 aromatic rings. The molecule has 18 heavy (non-hydrogen) atoms. The molecule has 0 fully saturated rings. The number of nitrogens with two attached hydrogens (primary N) is 1. The number of hydrogen-bond donors (Lipinski definition) is 3. The molecule has 0 aliphatic carbocycles. The normalized spacial score (nSPS) is 10.2. The summed E-state index contributed by atoms with van der Waals surface area (Å²) in [6.07, 6.45) is 1.90.